The number of ether oxygens (including phenoxy) is 3. The molecule has 0 aliphatic rings. The van der Waals surface area contributed by atoms with Crippen molar-refractivity contribution in [3.8, 4) is 0 Å². The first-order chi connectivity index (χ1) is 10.8. The number of halogens is 3. The standard InChI is InChI=1S/C13H22F3NO4S2/c1-4-19-11(20-5-2)9(23-12(22)21-6-3)7-10(17-8-18)13(14,15)16/h8-11H,4-7H2,1-3H3,(H,17,18). The van der Waals surface area contributed by atoms with Crippen LogP contribution in [0.4, 0.5) is 13.2 Å². The molecule has 136 valence electrons. The number of carbonyl (C=O) groups excluding carboxylic acids is 1. The molecule has 0 saturated heterocycles. The van der Waals surface area contributed by atoms with E-state index in [1.807, 2.05) is 0 Å². The molecule has 0 bridgehead atoms. The summed E-state index contributed by atoms with van der Waals surface area (Å²) in [5.41, 5.74) is 0. The fourth-order valence-electron chi connectivity index (χ4n) is 1.69. The highest BCUT2D eigenvalue weighted by Crippen LogP contribution is 2.31. The van der Waals surface area contributed by atoms with E-state index in [1.165, 1.54) is 0 Å². The number of carbonyl (C=O) groups is 1. The monoisotopic (exact) mass is 377 g/mol. The van der Waals surface area contributed by atoms with Gasteiger partial charge in [0.2, 0.25) is 10.8 Å². The zero-order valence-corrected chi connectivity index (χ0v) is 14.9. The Kier molecular flexibility index (Phi) is 11.6. The molecule has 0 fully saturated rings. The predicted molar refractivity (Wildman–Crippen MR) is 86.3 cm³/mol. The molecule has 0 rings (SSSR count). The average molecular weight is 377 g/mol. The maximum absolute atomic E-state index is 13.0. The zero-order chi connectivity index (χ0) is 17.9. The number of hydrogen-bond donors (Lipinski definition) is 1. The van der Waals surface area contributed by atoms with Crippen molar-refractivity contribution in [1.29, 1.82) is 0 Å². The predicted octanol–water partition coefficient (Wildman–Crippen LogP) is 2.88. The SMILES string of the molecule is CCOC(=S)SC(CC(NC=O)C(F)(F)F)C(OCC)OCC. The molecule has 0 aromatic heterocycles. The number of hydrogen-bond acceptors (Lipinski definition) is 6. The minimum atomic E-state index is -4.59. The summed E-state index contributed by atoms with van der Waals surface area (Å²) in [6, 6.07) is -2.02. The zero-order valence-electron chi connectivity index (χ0n) is 13.2. The van der Waals surface area contributed by atoms with Gasteiger partial charge in [-0.2, -0.15) is 13.2 Å². The number of alkyl halides is 3. The molecule has 0 spiro atoms. The topological polar surface area (TPSA) is 56.8 Å². The van der Waals surface area contributed by atoms with Gasteiger partial charge in [-0.3, -0.25) is 4.79 Å². The molecule has 0 heterocycles. The van der Waals surface area contributed by atoms with Crippen LogP contribution in [0, 0.1) is 0 Å². The van der Waals surface area contributed by atoms with E-state index in [2.05, 4.69) is 0 Å². The third kappa shape index (κ3) is 9.33. The first-order valence-corrected chi connectivity index (χ1v) is 8.41. The van der Waals surface area contributed by atoms with Crippen molar-refractivity contribution in [3.63, 3.8) is 0 Å². The highest BCUT2D eigenvalue weighted by atomic mass is 32.2. The van der Waals surface area contributed by atoms with Gasteiger partial charge in [-0.1, -0.05) is 11.8 Å². The fourth-order valence-corrected chi connectivity index (χ4v) is 3.17. The lowest BCUT2D eigenvalue weighted by atomic mass is 10.1. The lowest BCUT2D eigenvalue weighted by Gasteiger charge is -2.30. The summed E-state index contributed by atoms with van der Waals surface area (Å²) < 4.78 is 55.0. The molecule has 0 aliphatic heterocycles. The van der Waals surface area contributed by atoms with Crippen molar-refractivity contribution >= 4 is 34.8 Å². The second kappa shape index (κ2) is 11.9. The molecule has 0 aromatic carbocycles. The summed E-state index contributed by atoms with van der Waals surface area (Å²) in [5.74, 6) is 0. The third-order valence-corrected chi connectivity index (χ3v) is 4.04. The largest absolute Gasteiger partial charge is 0.479 e. The van der Waals surface area contributed by atoms with Crippen LogP contribution in [0.5, 0.6) is 0 Å². The normalized spacial score (nSPS) is 14.4. The van der Waals surface area contributed by atoms with E-state index in [9.17, 15) is 18.0 Å². The lowest BCUT2D eigenvalue weighted by Crippen LogP contribution is -2.46. The van der Waals surface area contributed by atoms with Crippen LogP contribution < -0.4 is 5.32 Å². The van der Waals surface area contributed by atoms with Crippen molar-refractivity contribution < 1.29 is 32.2 Å². The van der Waals surface area contributed by atoms with E-state index in [-0.39, 0.29) is 24.0 Å². The Labute approximate surface area is 143 Å². The Balaban J connectivity index is 5.19. The molecule has 23 heavy (non-hydrogen) atoms. The molecule has 2 atom stereocenters. The van der Waals surface area contributed by atoms with Crippen LogP contribution in [0.25, 0.3) is 0 Å². The van der Waals surface area contributed by atoms with Gasteiger partial charge in [0.1, 0.15) is 6.04 Å². The van der Waals surface area contributed by atoms with E-state index < -0.39 is 30.2 Å². The van der Waals surface area contributed by atoms with E-state index in [1.54, 1.807) is 26.1 Å². The van der Waals surface area contributed by atoms with E-state index >= 15 is 0 Å². The Hall–Kier alpha value is -0.580. The van der Waals surface area contributed by atoms with Gasteiger partial charge in [0.15, 0.2) is 6.29 Å². The van der Waals surface area contributed by atoms with E-state index in [4.69, 9.17) is 26.4 Å². The van der Waals surface area contributed by atoms with Crippen LogP contribution >= 0.6 is 24.0 Å². The summed E-state index contributed by atoms with van der Waals surface area (Å²) in [7, 11) is 0. The Bertz CT molecular complexity index is 353. The second-order valence-corrected chi connectivity index (χ2v) is 6.07. The maximum Gasteiger partial charge on any atom is 0.408 e. The first kappa shape index (κ1) is 22.4. The van der Waals surface area contributed by atoms with Gasteiger partial charge in [-0.05, 0) is 39.4 Å². The van der Waals surface area contributed by atoms with Gasteiger partial charge >= 0.3 is 6.18 Å². The minimum Gasteiger partial charge on any atom is -0.479 e. The molecular weight excluding hydrogens is 355 g/mol. The highest BCUT2D eigenvalue weighted by molar-refractivity contribution is 8.23. The van der Waals surface area contributed by atoms with Crippen LogP contribution in [0.1, 0.15) is 27.2 Å². The third-order valence-electron chi connectivity index (χ3n) is 2.61. The fraction of sp³-hybridized carbons (Fsp3) is 0.846. The number of rotatable bonds is 11. The molecule has 0 aromatic rings. The second-order valence-electron chi connectivity index (χ2n) is 4.23. The van der Waals surface area contributed by atoms with Crippen LogP contribution in [0.2, 0.25) is 0 Å². The van der Waals surface area contributed by atoms with E-state index in [0.717, 1.165) is 11.8 Å². The Morgan fingerprint density at radius 1 is 1.22 bits per heavy atom. The number of thiocarbonyl (C=S) groups is 1. The number of nitrogens with one attached hydrogen (secondary N) is 1. The van der Waals surface area contributed by atoms with Crippen LogP contribution in [-0.2, 0) is 19.0 Å². The molecule has 0 aliphatic carbocycles. The molecule has 5 nitrogen and oxygen atoms in total. The van der Waals surface area contributed by atoms with Gasteiger partial charge in [-0.15, -0.1) is 0 Å². The number of thioether (sulfide) groups is 1. The van der Waals surface area contributed by atoms with Gasteiger partial charge < -0.3 is 19.5 Å². The molecule has 10 heteroatoms. The van der Waals surface area contributed by atoms with Crippen molar-refractivity contribution in [3.05, 3.63) is 0 Å². The number of amides is 1. The summed E-state index contributed by atoms with van der Waals surface area (Å²) in [6.45, 7) is 5.97. The van der Waals surface area contributed by atoms with Crippen molar-refractivity contribution in [2.45, 2.75) is 51.0 Å². The Morgan fingerprint density at radius 3 is 2.17 bits per heavy atom. The summed E-state index contributed by atoms with van der Waals surface area (Å²) in [5, 5.41) is 0.999. The molecule has 0 saturated carbocycles. The van der Waals surface area contributed by atoms with Crippen LogP contribution in [0.15, 0.2) is 0 Å². The van der Waals surface area contributed by atoms with Crippen molar-refractivity contribution in [2.75, 3.05) is 19.8 Å². The van der Waals surface area contributed by atoms with Gasteiger partial charge in [0.25, 0.3) is 0 Å². The molecule has 1 N–H and O–H groups in total. The molecule has 1 amide bonds. The summed E-state index contributed by atoms with van der Waals surface area (Å²) >= 11 is 5.92. The van der Waals surface area contributed by atoms with Crippen LogP contribution in [-0.4, -0.2) is 54.4 Å². The van der Waals surface area contributed by atoms with E-state index in [0.29, 0.717) is 6.61 Å². The molecule has 2 unspecified atom stereocenters. The quantitative estimate of drug-likeness (QED) is 0.339. The maximum atomic E-state index is 13.0. The van der Waals surface area contributed by atoms with Crippen molar-refractivity contribution in [2.24, 2.45) is 0 Å². The lowest BCUT2D eigenvalue weighted by molar-refractivity contribution is -0.170. The van der Waals surface area contributed by atoms with Crippen molar-refractivity contribution in [1.82, 2.24) is 5.32 Å². The van der Waals surface area contributed by atoms with Gasteiger partial charge in [0, 0.05) is 13.2 Å². The summed E-state index contributed by atoms with van der Waals surface area (Å²) in [6.07, 6.45) is -5.91. The average Bonchev–Trinajstić information content (AvgIpc) is 2.45. The molecular formula is C13H22F3NO4S2. The van der Waals surface area contributed by atoms with Gasteiger partial charge in [-0.25, -0.2) is 0 Å². The van der Waals surface area contributed by atoms with Gasteiger partial charge in [0.05, 0.1) is 11.9 Å². The van der Waals surface area contributed by atoms with Crippen LogP contribution in [0.3, 0.4) is 0 Å². The summed E-state index contributed by atoms with van der Waals surface area (Å²) in [4.78, 5) is 10.5. The smallest absolute Gasteiger partial charge is 0.408 e. The first-order valence-electron chi connectivity index (χ1n) is 7.13. The molecule has 0 radical (unpaired) electrons. The highest BCUT2D eigenvalue weighted by Gasteiger charge is 2.43. The minimum absolute atomic E-state index is 0.0249. The Morgan fingerprint density at radius 2 is 1.78 bits per heavy atom.